The summed E-state index contributed by atoms with van der Waals surface area (Å²) in [4.78, 5) is 61.1. The number of piperidine rings is 1. The van der Waals surface area contributed by atoms with Crippen molar-refractivity contribution in [2.24, 2.45) is 5.73 Å². The van der Waals surface area contributed by atoms with Crippen LogP contribution in [0.1, 0.15) is 72.1 Å². The number of nitrogens with one attached hydrogen (secondary N) is 2. The highest BCUT2D eigenvalue weighted by molar-refractivity contribution is 6.27. The summed E-state index contributed by atoms with van der Waals surface area (Å²) in [6, 6.07) is 7.05. The maximum absolute atomic E-state index is 13.1. The van der Waals surface area contributed by atoms with Crippen LogP contribution in [0.2, 0.25) is 0 Å². The second-order valence-electron chi connectivity index (χ2n) is 9.31. The van der Waals surface area contributed by atoms with Crippen molar-refractivity contribution >= 4 is 40.7 Å². The van der Waals surface area contributed by atoms with Gasteiger partial charge in [-0.3, -0.25) is 34.2 Å². The quantitative estimate of drug-likeness (QED) is 0.218. The van der Waals surface area contributed by atoms with Gasteiger partial charge in [0, 0.05) is 17.4 Å². The number of unbranched alkanes of at least 4 members (excludes halogenated alkanes) is 5. The SMILES string of the molecule is CNCCCCCCCCN.O=CCOc1cc2c3c(cccc3c1)C(=O)N(C1CCC(=O)NC1=O)C2=O. The van der Waals surface area contributed by atoms with E-state index in [0.717, 1.165) is 18.0 Å². The number of ether oxygens (including phenoxy) is 1. The molecule has 0 saturated carbocycles. The molecule has 1 saturated heterocycles. The molecule has 0 spiro atoms. The van der Waals surface area contributed by atoms with Gasteiger partial charge in [0.1, 0.15) is 18.4 Å². The fourth-order valence-corrected chi connectivity index (χ4v) is 4.68. The highest BCUT2D eigenvalue weighted by atomic mass is 16.5. The van der Waals surface area contributed by atoms with Crippen molar-refractivity contribution in [1.29, 1.82) is 0 Å². The Balaban J connectivity index is 0.000000310. The van der Waals surface area contributed by atoms with Crippen molar-refractivity contribution in [3.8, 4) is 5.75 Å². The fraction of sp³-hybridized carbons (Fsp3) is 0.464. The molecule has 4 rings (SSSR count). The zero-order chi connectivity index (χ0) is 27.5. The zero-order valence-corrected chi connectivity index (χ0v) is 21.8. The Morgan fingerprint density at radius 2 is 1.74 bits per heavy atom. The summed E-state index contributed by atoms with van der Waals surface area (Å²) in [5, 5.41) is 6.42. The Morgan fingerprint density at radius 3 is 2.42 bits per heavy atom. The lowest BCUT2D eigenvalue weighted by Crippen LogP contribution is -2.57. The summed E-state index contributed by atoms with van der Waals surface area (Å²) in [6.45, 7) is 1.85. The van der Waals surface area contributed by atoms with Gasteiger partial charge in [-0.15, -0.1) is 0 Å². The van der Waals surface area contributed by atoms with Gasteiger partial charge in [-0.2, -0.15) is 0 Å². The molecular weight excluding hydrogens is 488 g/mol. The highest BCUT2D eigenvalue weighted by Gasteiger charge is 2.42. The van der Waals surface area contributed by atoms with Crippen LogP contribution in [0.5, 0.6) is 5.75 Å². The molecule has 10 heteroatoms. The zero-order valence-electron chi connectivity index (χ0n) is 21.8. The predicted molar refractivity (Wildman–Crippen MR) is 143 cm³/mol. The third-order valence-corrected chi connectivity index (χ3v) is 6.57. The van der Waals surface area contributed by atoms with Crippen LogP contribution < -0.4 is 21.1 Å². The number of imide groups is 2. The normalized spacial score (nSPS) is 16.7. The summed E-state index contributed by atoms with van der Waals surface area (Å²) in [5.41, 5.74) is 5.90. The van der Waals surface area contributed by atoms with Crippen molar-refractivity contribution in [2.75, 3.05) is 26.7 Å². The number of rotatable bonds is 12. The topological polar surface area (TPSA) is 148 Å². The van der Waals surface area contributed by atoms with Gasteiger partial charge in [-0.25, -0.2) is 0 Å². The lowest BCUT2D eigenvalue weighted by molar-refractivity contribution is -0.136. The first kappa shape index (κ1) is 28.9. The number of nitrogens with two attached hydrogens (primary N) is 1. The van der Waals surface area contributed by atoms with E-state index >= 15 is 0 Å². The van der Waals surface area contributed by atoms with Gasteiger partial charge in [0.25, 0.3) is 11.8 Å². The highest BCUT2D eigenvalue weighted by Crippen LogP contribution is 2.35. The van der Waals surface area contributed by atoms with Gasteiger partial charge >= 0.3 is 0 Å². The molecule has 204 valence electrons. The summed E-state index contributed by atoms with van der Waals surface area (Å²) in [6.07, 6.45) is 8.66. The van der Waals surface area contributed by atoms with E-state index in [1.165, 1.54) is 44.6 Å². The molecule has 2 aliphatic heterocycles. The maximum Gasteiger partial charge on any atom is 0.262 e. The molecule has 2 heterocycles. The average molecular weight is 525 g/mol. The number of amides is 4. The van der Waals surface area contributed by atoms with E-state index in [-0.39, 0.29) is 25.0 Å². The Labute approximate surface area is 222 Å². The largest absolute Gasteiger partial charge is 0.486 e. The van der Waals surface area contributed by atoms with E-state index in [2.05, 4.69) is 10.6 Å². The number of aldehydes is 1. The van der Waals surface area contributed by atoms with Crippen molar-refractivity contribution in [3.63, 3.8) is 0 Å². The summed E-state index contributed by atoms with van der Waals surface area (Å²) in [5.74, 6) is -1.99. The monoisotopic (exact) mass is 524 g/mol. The Bertz CT molecular complexity index is 1170. The molecule has 0 radical (unpaired) electrons. The number of hydrogen-bond donors (Lipinski definition) is 3. The number of carbonyl (C=O) groups excluding carboxylic acids is 5. The van der Waals surface area contributed by atoms with E-state index in [1.54, 1.807) is 24.3 Å². The Kier molecular flexibility index (Phi) is 10.9. The first-order chi connectivity index (χ1) is 18.4. The first-order valence-corrected chi connectivity index (χ1v) is 13.1. The van der Waals surface area contributed by atoms with Gasteiger partial charge in [0.2, 0.25) is 11.8 Å². The molecule has 2 aromatic rings. The van der Waals surface area contributed by atoms with Crippen LogP contribution in [0.25, 0.3) is 10.8 Å². The fourth-order valence-electron chi connectivity index (χ4n) is 4.68. The molecule has 4 N–H and O–H groups in total. The van der Waals surface area contributed by atoms with Crippen LogP contribution >= 0.6 is 0 Å². The number of benzene rings is 2. The molecule has 2 aliphatic rings. The predicted octanol–water partition coefficient (Wildman–Crippen LogP) is 2.32. The molecule has 2 aromatic carbocycles. The molecule has 38 heavy (non-hydrogen) atoms. The van der Waals surface area contributed by atoms with Crippen LogP contribution in [0.3, 0.4) is 0 Å². The van der Waals surface area contributed by atoms with Gasteiger partial charge in [-0.1, -0.05) is 37.8 Å². The third kappa shape index (κ3) is 7.02. The van der Waals surface area contributed by atoms with Crippen LogP contribution in [0.15, 0.2) is 30.3 Å². The molecule has 1 unspecified atom stereocenters. The van der Waals surface area contributed by atoms with Crippen molar-refractivity contribution in [3.05, 3.63) is 41.5 Å². The van der Waals surface area contributed by atoms with Crippen LogP contribution in [0.4, 0.5) is 0 Å². The summed E-state index contributed by atoms with van der Waals surface area (Å²) >= 11 is 0. The summed E-state index contributed by atoms with van der Waals surface area (Å²) < 4.78 is 5.31. The molecule has 4 amide bonds. The van der Waals surface area contributed by atoms with E-state index in [1.807, 2.05) is 7.05 Å². The van der Waals surface area contributed by atoms with Gasteiger partial charge in [0.15, 0.2) is 6.29 Å². The van der Waals surface area contributed by atoms with E-state index in [4.69, 9.17) is 10.5 Å². The third-order valence-electron chi connectivity index (χ3n) is 6.57. The van der Waals surface area contributed by atoms with Crippen LogP contribution in [-0.2, 0) is 14.4 Å². The lowest BCUT2D eigenvalue weighted by atomic mass is 9.91. The van der Waals surface area contributed by atoms with Crippen molar-refractivity contribution < 1.29 is 28.7 Å². The second-order valence-corrected chi connectivity index (χ2v) is 9.31. The molecule has 10 nitrogen and oxygen atoms in total. The Morgan fingerprint density at radius 1 is 1.03 bits per heavy atom. The maximum atomic E-state index is 13.1. The standard InChI is InChI=1S/C19H14N2O6.C9H22N2/c22-6-7-27-11-8-10-2-1-3-12-16(10)13(9-11)19(26)21(18(12)25)14-4-5-15(23)20-17(14)24;1-11-9-7-5-3-2-4-6-8-10/h1-3,6,8-9,14H,4-5,7H2,(H,20,23,24);11H,2-10H2,1H3. The lowest BCUT2D eigenvalue weighted by Gasteiger charge is -2.34. The number of nitrogens with zero attached hydrogens (tertiary/aromatic N) is 1. The average Bonchev–Trinajstić information content (AvgIpc) is 2.91. The second kappa shape index (κ2) is 14.3. The van der Waals surface area contributed by atoms with Crippen LogP contribution in [-0.4, -0.2) is 67.6 Å². The van der Waals surface area contributed by atoms with Crippen LogP contribution in [0, 0.1) is 0 Å². The van der Waals surface area contributed by atoms with Gasteiger partial charge < -0.3 is 15.8 Å². The smallest absolute Gasteiger partial charge is 0.262 e. The molecule has 0 aliphatic carbocycles. The van der Waals surface area contributed by atoms with Gasteiger partial charge in [-0.05, 0) is 63.0 Å². The number of hydrogen-bond acceptors (Lipinski definition) is 8. The minimum Gasteiger partial charge on any atom is -0.486 e. The van der Waals surface area contributed by atoms with Crippen molar-refractivity contribution in [2.45, 2.75) is 57.4 Å². The minimum atomic E-state index is -1.05. The molecule has 0 aromatic heterocycles. The molecular formula is C28H36N4O6. The van der Waals surface area contributed by atoms with E-state index in [9.17, 15) is 24.0 Å². The summed E-state index contributed by atoms with van der Waals surface area (Å²) in [7, 11) is 2.01. The molecule has 0 bridgehead atoms. The molecule has 1 fully saturated rings. The first-order valence-electron chi connectivity index (χ1n) is 13.1. The Hall–Kier alpha value is -3.63. The van der Waals surface area contributed by atoms with E-state index in [0.29, 0.717) is 28.4 Å². The van der Waals surface area contributed by atoms with E-state index < -0.39 is 29.7 Å². The van der Waals surface area contributed by atoms with Gasteiger partial charge in [0.05, 0.1) is 5.56 Å². The number of carbonyl (C=O) groups is 5. The molecule has 1 atom stereocenters. The van der Waals surface area contributed by atoms with Crippen molar-refractivity contribution in [1.82, 2.24) is 15.5 Å². The minimum absolute atomic E-state index is 0.0486.